The Morgan fingerprint density at radius 3 is 2.32 bits per heavy atom. The normalized spacial score (nSPS) is 19.6. The lowest BCUT2D eigenvalue weighted by molar-refractivity contribution is 0.141. The van der Waals surface area contributed by atoms with Gasteiger partial charge in [-0.05, 0) is 44.1 Å². The maximum Gasteiger partial charge on any atom is 0.0540 e. The molecule has 1 aliphatic rings. The largest absolute Gasteiger partial charge is 0.393 e. The summed E-state index contributed by atoms with van der Waals surface area (Å²) in [6.45, 7) is 10.6. The molecule has 2 nitrogen and oxygen atoms in total. The van der Waals surface area contributed by atoms with Gasteiger partial charge in [0.2, 0.25) is 0 Å². The Balaban J connectivity index is 1.93. The molecule has 0 saturated carbocycles. The molecule has 0 bridgehead atoms. The van der Waals surface area contributed by atoms with E-state index in [0.717, 1.165) is 19.3 Å². The number of thioether (sulfide) groups is 1. The van der Waals surface area contributed by atoms with E-state index in [2.05, 4.69) is 37.4 Å². The standard InChI is InChI=1S/C16H33NOS/c1-16(2,3)9-6-8-15(18)7-4-5-10-17-11-13-19-14-12-17/h15,18H,4-14H2,1-3H3/t15-/m0/s1. The van der Waals surface area contributed by atoms with Gasteiger partial charge in [0.15, 0.2) is 0 Å². The Labute approximate surface area is 124 Å². The highest BCUT2D eigenvalue weighted by molar-refractivity contribution is 7.99. The highest BCUT2D eigenvalue weighted by Gasteiger charge is 2.12. The minimum atomic E-state index is -0.0701. The fourth-order valence-corrected chi connectivity index (χ4v) is 3.53. The summed E-state index contributed by atoms with van der Waals surface area (Å²) >= 11 is 2.07. The van der Waals surface area contributed by atoms with Crippen LogP contribution < -0.4 is 0 Å². The molecule has 1 aliphatic heterocycles. The first kappa shape index (κ1) is 17.3. The molecule has 0 aromatic rings. The van der Waals surface area contributed by atoms with Crippen molar-refractivity contribution in [3.8, 4) is 0 Å². The van der Waals surface area contributed by atoms with Crippen LogP contribution in [-0.4, -0.2) is 47.3 Å². The van der Waals surface area contributed by atoms with Crippen molar-refractivity contribution in [3.63, 3.8) is 0 Å². The smallest absolute Gasteiger partial charge is 0.0540 e. The van der Waals surface area contributed by atoms with Crippen molar-refractivity contribution in [1.82, 2.24) is 4.90 Å². The molecule has 114 valence electrons. The van der Waals surface area contributed by atoms with Crippen molar-refractivity contribution >= 4 is 11.8 Å². The molecule has 0 aliphatic carbocycles. The first-order chi connectivity index (χ1) is 8.97. The molecule has 0 aromatic heterocycles. The van der Waals surface area contributed by atoms with Gasteiger partial charge in [0.25, 0.3) is 0 Å². The summed E-state index contributed by atoms with van der Waals surface area (Å²) in [5.41, 5.74) is 0.409. The van der Waals surface area contributed by atoms with Gasteiger partial charge in [0.05, 0.1) is 6.10 Å². The van der Waals surface area contributed by atoms with Gasteiger partial charge in [0.1, 0.15) is 0 Å². The van der Waals surface area contributed by atoms with Crippen LogP contribution in [-0.2, 0) is 0 Å². The summed E-state index contributed by atoms with van der Waals surface area (Å²) in [6, 6.07) is 0. The van der Waals surface area contributed by atoms with Gasteiger partial charge < -0.3 is 10.0 Å². The molecule has 19 heavy (non-hydrogen) atoms. The fraction of sp³-hybridized carbons (Fsp3) is 1.00. The van der Waals surface area contributed by atoms with E-state index in [9.17, 15) is 5.11 Å². The molecule has 0 aromatic carbocycles. The second-order valence-electron chi connectivity index (χ2n) is 7.06. The third kappa shape index (κ3) is 9.75. The van der Waals surface area contributed by atoms with E-state index in [-0.39, 0.29) is 6.10 Å². The Kier molecular flexibility index (Phi) is 8.43. The zero-order chi connectivity index (χ0) is 14.1. The highest BCUT2D eigenvalue weighted by Crippen LogP contribution is 2.22. The van der Waals surface area contributed by atoms with E-state index in [1.807, 2.05) is 0 Å². The Bertz CT molecular complexity index is 221. The Morgan fingerprint density at radius 1 is 1.05 bits per heavy atom. The molecule has 1 heterocycles. The van der Waals surface area contributed by atoms with Crippen molar-refractivity contribution in [2.45, 2.75) is 65.4 Å². The van der Waals surface area contributed by atoms with Gasteiger partial charge in [-0.2, -0.15) is 11.8 Å². The average molecular weight is 288 g/mol. The topological polar surface area (TPSA) is 23.5 Å². The van der Waals surface area contributed by atoms with E-state index < -0.39 is 0 Å². The van der Waals surface area contributed by atoms with Crippen LogP contribution in [0.25, 0.3) is 0 Å². The van der Waals surface area contributed by atoms with Crippen LogP contribution in [0.3, 0.4) is 0 Å². The number of hydrogen-bond acceptors (Lipinski definition) is 3. The summed E-state index contributed by atoms with van der Waals surface area (Å²) in [5, 5.41) is 9.97. The second-order valence-corrected chi connectivity index (χ2v) is 8.28. The lowest BCUT2D eigenvalue weighted by Crippen LogP contribution is -2.33. The maximum atomic E-state index is 9.97. The lowest BCUT2D eigenvalue weighted by Gasteiger charge is -2.26. The van der Waals surface area contributed by atoms with Crippen molar-refractivity contribution in [2.75, 3.05) is 31.1 Å². The number of rotatable bonds is 8. The monoisotopic (exact) mass is 287 g/mol. The molecular formula is C16H33NOS. The van der Waals surface area contributed by atoms with Crippen molar-refractivity contribution in [1.29, 1.82) is 0 Å². The predicted molar refractivity (Wildman–Crippen MR) is 86.9 cm³/mol. The lowest BCUT2D eigenvalue weighted by atomic mass is 9.89. The predicted octanol–water partition coefficient (Wildman–Crippen LogP) is 3.78. The van der Waals surface area contributed by atoms with Gasteiger partial charge in [-0.1, -0.05) is 27.2 Å². The van der Waals surface area contributed by atoms with E-state index in [1.165, 1.54) is 50.4 Å². The summed E-state index contributed by atoms with van der Waals surface area (Å²) in [5.74, 6) is 2.60. The molecule has 3 heteroatoms. The van der Waals surface area contributed by atoms with Crippen molar-refractivity contribution < 1.29 is 5.11 Å². The average Bonchev–Trinajstić information content (AvgIpc) is 2.34. The fourth-order valence-electron chi connectivity index (χ4n) is 2.55. The van der Waals surface area contributed by atoms with Gasteiger partial charge in [-0.3, -0.25) is 0 Å². The molecule has 1 N–H and O–H groups in total. The van der Waals surface area contributed by atoms with E-state index in [4.69, 9.17) is 0 Å². The Morgan fingerprint density at radius 2 is 1.68 bits per heavy atom. The highest BCUT2D eigenvalue weighted by atomic mass is 32.2. The number of nitrogens with zero attached hydrogens (tertiary/aromatic N) is 1. The third-order valence-corrected chi connectivity index (χ3v) is 4.77. The van der Waals surface area contributed by atoms with Crippen LogP contribution >= 0.6 is 11.8 Å². The van der Waals surface area contributed by atoms with Crippen LogP contribution in [0.1, 0.15) is 59.3 Å². The maximum absolute atomic E-state index is 9.97. The quantitative estimate of drug-likeness (QED) is 0.687. The van der Waals surface area contributed by atoms with Crippen molar-refractivity contribution in [3.05, 3.63) is 0 Å². The second kappa shape index (κ2) is 9.25. The van der Waals surface area contributed by atoms with Gasteiger partial charge in [-0.25, -0.2) is 0 Å². The van der Waals surface area contributed by atoms with Crippen LogP contribution in [0.4, 0.5) is 0 Å². The van der Waals surface area contributed by atoms with Gasteiger partial charge >= 0.3 is 0 Å². The zero-order valence-electron chi connectivity index (χ0n) is 13.2. The van der Waals surface area contributed by atoms with Gasteiger partial charge in [0, 0.05) is 24.6 Å². The molecule has 1 saturated heterocycles. The SMILES string of the molecule is CC(C)(C)CCC[C@@H](O)CCCCN1CCSCC1. The molecule has 0 unspecified atom stereocenters. The van der Waals surface area contributed by atoms with Crippen molar-refractivity contribution in [2.24, 2.45) is 5.41 Å². The number of aliphatic hydroxyl groups excluding tert-OH is 1. The number of aliphatic hydroxyl groups is 1. The van der Waals surface area contributed by atoms with E-state index >= 15 is 0 Å². The van der Waals surface area contributed by atoms with Crippen LogP contribution in [0.2, 0.25) is 0 Å². The molecule has 0 spiro atoms. The van der Waals surface area contributed by atoms with E-state index in [1.54, 1.807) is 0 Å². The minimum absolute atomic E-state index is 0.0701. The molecule has 0 radical (unpaired) electrons. The first-order valence-corrected chi connectivity index (χ1v) is 9.11. The first-order valence-electron chi connectivity index (χ1n) is 7.95. The molecule has 0 amide bonds. The Hall–Kier alpha value is 0.270. The van der Waals surface area contributed by atoms with Crippen LogP contribution in [0.5, 0.6) is 0 Å². The van der Waals surface area contributed by atoms with E-state index in [0.29, 0.717) is 5.41 Å². The van der Waals surface area contributed by atoms with Gasteiger partial charge in [-0.15, -0.1) is 0 Å². The number of hydrogen-bond donors (Lipinski definition) is 1. The minimum Gasteiger partial charge on any atom is -0.393 e. The molecule has 1 rings (SSSR count). The summed E-state index contributed by atoms with van der Waals surface area (Å²) in [6.07, 6.45) is 6.72. The number of unbranched alkanes of at least 4 members (excludes halogenated alkanes) is 1. The molecule has 1 fully saturated rings. The molecular weight excluding hydrogens is 254 g/mol. The third-order valence-electron chi connectivity index (χ3n) is 3.83. The summed E-state index contributed by atoms with van der Waals surface area (Å²) in [7, 11) is 0. The molecule has 1 atom stereocenters. The summed E-state index contributed by atoms with van der Waals surface area (Å²) in [4.78, 5) is 2.57. The van der Waals surface area contributed by atoms with Crippen LogP contribution in [0, 0.1) is 5.41 Å². The zero-order valence-corrected chi connectivity index (χ0v) is 14.0. The summed E-state index contributed by atoms with van der Waals surface area (Å²) < 4.78 is 0. The van der Waals surface area contributed by atoms with Crippen LogP contribution in [0.15, 0.2) is 0 Å².